The summed E-state index contributed by atoms with van der Waals surface area (Å²) in [6.45, 7) is 6.20. The molecule has 0 bridgehead atoms. The van der Waals surface area contributed by atoms with E-state index >= 15 is 0 Å². The van der Waals surface area contributed by atoms with E-state index in [0.717, 1.165) is 6.07 Å². The third-order valence-corrected chi connectivity index (χ3v) is 5.67. The van der Waals surface area contributed by atoms with Crippen molar-refractivity contribution in [3.63, 3.8) is 0 Å². The highest BCUT2D eigenvalue weighted by atomic mass is 32.1. The van der Waals surface area contributed by atoms with Crippen molar-refractivity contribution >= 4 is 34.9 Å². The van der Waals surface area contributed by atoms with Crippen LogP contribution in [0, 0.1) is 14.1 Å². The minimum atomic E-state index is -4.63. The average molecular weight is 464 g/mol. The molecule has 0 amide bonds. The van der Waals surface area contributed by atoms with Crippen LogP contribution in [0.1, 0.15) is 19.4 Å². The van der Waals surface area contributed by atoms with Crippen molar-refractivity contribution in [2.24, 2.45) is 0 Å². The lowest BCUT2D eigenvalue weighted by atomic mass is 10.1. The number of aromatic nitrogens is 2. The number of hydrogen-bond donors (Lipinski definition) is 0. The molecule has 1 saturated heterocycles. The summed E-state index contributed by atoms with van der Waals surface area (Å²) in [5.74, 6) is 0. The summed E-state index contributed by atoms with van der Waals surface area (Å²) in [6.07, 6.45) is -4.64. The van der Waals surface area contributed by atoms with Crippen LogP contribution in [0.25, 0.3) is 0 Å². The van der Waals surface area contributed by atoms with E-state index in [9.17, 15) is 23.3 Å². The van der Waals surface area contributed by atoms with Crippen molar-refractivity contribution in [2.45, 2.75) is 32.8 Å². The molecular formula is C17H20F3N5O3S2. The molecule has 1 aliphatic rings. The summed E-state index contributed by atoms with van der Waals surface area (Å²) in [6, 6.07) is 2.63. The van der Waals surface area contributed by atoms with Crippen LogP contribution in [-0.4, -0.2) is 51.9 Å². The second-order valence-corrected chi connectivity index (χ2v) is 8.59. The van der Waals surface area contributed by atoms with Gasteiger partial charge in [0.15, 0.2) is 3.95 Å². The quantitative estimate of drug-likeness (QED) is 0.362. The van der Waals surface area contributed by atoms with E-state index in [2.05, 4.69) is 10.00 Å². The van der Waals surface area contributed by atoms with Crippen molar-refractivity contribution in [1.82, 2.24) is 14.7 Å². The van der Waals surface area contributed by atoms with E-state index in [1.165, 1.54) is 17.4 Å². The summed E-state index contributed by atoms with van der Waals surface area (Å²) in [7, 11) is 0. The van der Waals surface area contributed by atoms with Crippen LogP contribution in [0.2, 0.25) is 0 Å². The number of halogens is 3. The maximum atomic E-state index is 12.9. The van der Waals surface area contributed by atoms with Crippen LogP contribution in [0.5, 0.6) is 5.19 Å². The van der Waals surface area contributed by atoms with Gasteiger partial charge in [0.1, 0.15) is 5.69 Å². The highest BCUT2D eigenvalue weighted by Crippen LogP contribution is 2.36. The highest BCUT2D eigenvalue weighted by Gasteiger charge is 2.34. The molecule has 13 heteroatoms. The van der Waals surface area contributed by atoms with Gasteiger partial charge in [-0.2, -0.15) is 13.2 Å². The number of anilines is 1. The molecule has 1 aromatic carbocycles. The topological polar surface area (TPSA) is 76.7 Å². The number of nitro benzene ring substituents is 1. The zero-order valence-corrected chi connectivity index (χ0v) is 17.9. The first kappa shape index (κ1) is 22.4. The van der Waals surface area contributed by atoms with Gasteiger partial charge in [-0.15, -0.1) is 5.10 Å². The lowest BCUT2D eigenvalue weighted by molar-refractivity contribution is -0.384. The van der Waals surface area contributed by atoms with Crippen LogP contribution in [0.3, 0.4) is 0 Å². The molecule has 1 aromatic heterocycles. The predicted octanol–water partition coefficient (Wildman–Crippen LogP) is 4.17. The smallest absolute Gasteiger partial charge is 0.416 e. The average Bonchev–Trinajstić information content (AvgIpc) is 2.99. The van der Waals surface area contributed by atoms with Gasteiger partial charge in [0.2, 0.25) is 0 Å². The molecule has 3 rings (SSSR count). The Bertz CT molecular complexity index is 968. The first-order valence-electron chi connectivity index (χ1n) is 9.12. The lowest BCUT2D eigenvalue weighted by Gasteiger charge is -2.35. The van der Waals surface area contributed by atoms with Crippen molar-refractivity contribution in [1.29, 1.82) is 0 Å². The zero-order valence-electron chi connectivity index (χ0n) is 16.3. The first-order chi connectivity index (χ1) is 14.0. The minimum Gasteiger partial charge on any atom is -0.466 e. The third kappa shape index (κ3) is 5.26. The standard InChI is InChI=1S/C17H20F3N5O3S2/c1-11(2)28-15-21-24(16(29)30-15)10-22-5-7-23(8-6-22)13-4-3-12(17(18,19)20)9-14(13)25(26)27/h3-4,9,11H,5-8,10H2,1-2H3. The number of piperazine rings is 1. The summed E-state index contributed by atoms with van der Waals surface area (Å²) in [4.78, 5) is 14.4. The van der Waals surface area contributed by atoms with Gasteiger partial charge >= 0.3 is 6.18 Å². The second kappa shape index (κ2) is 8.86. The van der Waals surface area contributed by atoms with E-state index in [1.807, 2.05) is 13.8 Å². The number of alkyl halides is 3. The van der Waals surface area contributed by atoms with Gasteiger partial charge < -0.3 is 9.64 Å². The monoisotopic (exact) mass is 463 g/mol. The van der Waals surface area contributed by atoms with Gasteiger partial charge in [-0.25, -0.2) is 4.68 Å². The third-order valence-electron chi connectivity index (χ3n) is 4.47. The maximum absolute atomic E-state index is 12.9. The molecule has 0 unspecified atom stereocenters. The first-order valence-corrected chi connectivity index (χ1v) is 10.3. The Kier molecular flexibility index (Phi) is 6.62. The van der Waals surface area contributed by atoms with Crippen LogP contribution in [0.4, 0.5) is 24.5 Å². The molecule has 0 saturated carbocycles. The number of nitrogens with zero attached hydrogens (tertiary/aromatic N) is 5. The van der Waals surface area contributed by atoms with Gasteiger partial charge in [0, 0.05) is 32.2 Å². The molecule has 0 spiro atoms. The number of nitro groups is 1. The summed E-state index contributed by atoms with van der Waals surface area (Å²) in [5, 5.41) is 16.2. The molecule has 164 valence electrons. The molecule has 0 radical (unpaired) electrons. The van der Waals surface area contributed by atoms with E-state index in [4.69, 9.17) is 17.0 Å². The molecule has 1 fully saturated rings. The second-order valence-electron chi connectivity index (χ2n) is 7.00. The van der Waals surface area contributed by atoms with Crippen LogP contribution >= 0.6 is 23.6 Å². The fourth-order valence-electron chi connectivity index (χ4n) is 3.06. The number of benzene rings is 1. The Morgan fingerprint density at radius 3 is 2.53 bits per heavy atom. The SMILES string of the molecule is CC(C)Oc1nn(CN2CCN(c3ccc(C(F)(F)F)cc3[N+](=O)[O-])CC2)c(=S)s1. The van der Waals surface area contributed by atoms with E-state index in [0.29, 0.717) is 48.1 Å². The maximum Gasteiger partial charge on any atom is 0.416 e. The largest absolute Gasteiger partial charge is 0.466 e. The molecule has 0 aliphatic carbocycles. The number of rotatable bonds is 6. The minimum absolute atomic E-state index is 0.0120. The normalized spacial score (nSPS) is 15.6. The Morgan fingerprint density at radius 1 is 1.30 bits per heavy atom. The molecular weight excluding hydrogens is 443 g/mol. The van der Waals surface area contributed by atoms with Gasteiger partial charge in [-0.1, -0.05) is 0 Å². The van der Waals surface area contributed by atoms with Crippen LogP contribution < -0.4 is 9.64 Å². The highest BCUT2D eigenvalue weighted by molar-refractivity contribution is 7.73. The molecule has 30 heavy (non-hydrogen) atoms. The molecule has 8 nitrogen and oxygen atoms in total. The van der Waals surface area contributed by atoms with Crippen molar-refractivity contribution in [2.75, 3.05) is 31.1 Å². The molecule has 0 N–H and O–H groups in total. The summed E-state index contributed by atoms with van der Waals surface area (Å²) in [5.41, 5.74) is -1.39. The number of hydrogen-bond acceptors (Lipinski definition) is 8. The zero-order chi connectivity index (χ0) is 22.1. The van der Waals surface area contributed by atoms with E-state index < -0.39 is 22.4 Å². The van der Waals surface area contributed by atoms with Crippen molar-refractivity contribution < 1.29 is 22.8 Å². The van der Waals surface area contributed by atoms with E-state index in [-0.39, 0.29) is 11.8 Å². The lowest BCUT2D eigenvalue weighted by Crippen LogP contribution is -2.47. The molecule has 2 heterocycles. The van der Waals surface area contributed by atoms with Gasteiger partial charge in [0.05, 0.1) is 23.3 Å². The fourth-order valence-corrected chi connectivity index (χ4v) is 4.10. The van der Waals surface area contributed by atoms with Crippen molar-refractivity contribution in [3.05, 3.63) is 37.8 Å². The van der Waals surface area contributed by atoms with Crippen LogP contribution in [-0.2, 0) is 12.8 Å². The molecule has 2 aromatic rings. The van der Waals surface area contributed by atoms with Crippen LogP contribution in [0.15, 0.2) is 18.2 Å². The summed E-state index contributed by atoms with van der Waals surface area (Å²) < 4.78 is 46.5. The fraction of sp³-hybridized carbons (Fsp3) is 0.529. The van der Waals surface area contributed by atoms with Gasteiger partial charge in [0.25, 0.3) is 10.9 Å². The van der Waals surface area contributed by atoms with Gasteiger partial charge in [-0.3, -0.25) is 15.0 Å². The number of ether oxygens (including phenoxy) is 1. The Morgan fingerprint density at radius 2 is 1.97 bits per heavy atom. The Hall–Kier alpha value is -2.25. The van der Waals surface area contributed by atoms with Gasteiger partial charge in [-0.05, 0) is 49.5 Å². The predicted molar refractivity (Wildman–Crippen MR) is 109 cm³/mol. The van der Waals surface area contributed by atoms with E-state index in [1.54, 1.807) is 9.58 Å². The Balaban J connectivity index is 1.68. The molecule has 0 atom stereocenters. The summed E-state index contributed by atoms with van der Waals surface area (Å²) >= 11 is 6.59. The van der Waals surface area contributed by atoms with Crippen molar-refractivity contribution in [3.8, 4) is 5.19 Å². The Labute approximate surface area is 179 Å². The molecule has 1 aliphatic heterocycles.